The van der Waals surface area contributed by atoms with Crippen LogP contribution in [-0.4, -0.2) is 20.9 Å². The number of carbonyl (C=O) groups is 1. The highest BCUT2D eigenvalue weighted by Gasteiger charge is 2.15. The highest BCUT2D eigenvalue weighted by molar-refractivity contribution is 9.10. The van der Waals surface area contributed by atoms with Crippen molar-refractivity contribution in [3.8, 4) is 5.75 Å². The van der Waals surface area contributed by atoms with Gasteiger partial charge in [0, 0.05) is 17.1 Å². The molecule has 7 heteroatoms. The van der Waals surface area contributed by atoms with Crippen molar-refractivity contribution in [1.82, 2.24) is 9.78 Å². The Morgan fingerprint density at radius 1 is 1.55 bits per heavy atom. The summed E-state index contributed by atoms with van der Waals surface area (Å²) in [5.41, 5.74) is 1.60. The van der Waals surface area contributed by atoms with E-state index in [0.717, 1.165) is 15.7 Å². The maximum Gasteiger partial charge on any atom is 0.339 e. The molecule has 0 aliphatic carbocycles. The molecule has 1 heterocycles. The van der Waals surface area contributed by atoms with E-state index in [1.165, 1.54) is 6.07 Å². The highest BCUT2D eigenvalue weighted by Crippen LogP contribution is 2.26. The lowest BCUT2D eigenvalue weighted by Crippen LogP contribution is -2.04. The van der Waals surface area contributed by atoms with Gasteiger partial charge < -0.3 is 9.84 Å². The summed E-state index contributed by atoms with van der Waals surface area (Å²) in [5.74, 6) is -0.757. The van der Waals surface area contributed by atoms with Gasteiger partial charge in [0.2, 0.25) is 0 Å². The minimum Gasteiger partial charge on any atom is -0.488 e. The second-order valence-electron chi connectivity index (χ2n) is 4.21. The number of aryl methyl sites for hydroxylation is 2. The molecule has 0 aliphatic heterocycles. The summed E-state index contributed by atoms with van der Waals surface area (Å²) in [6.45, 7) is 1.98. The Kier molecular flexibility index (Phi) is 4.35. The van der Waals surface area contributed by atoms with Crippen molar-refractivity contribution < 1.29 is 14.6 Å². The third kappa shape index (κ3) is 2.96. The lowest BCUT2D eigenvalue weighted by Gasteiger charge is -2.09. The standard InChI is InChI=1S/C13H12BrClN2O3/c1-7-10(12(15)17(2)16-7)6-20-11-5-8(14)3-4-9(11)13(18)19/h3-5H,6H2,1-2H3,(H,18,19). The molecule has 0 atom stereocenters. The topological polar surface area (TPSA) is 64.4 Å². The van der Waals surface area contributed by atoms with E-state index in [9.17, 15) is 4.79 Å². The molecule has 2 aromatic rings. The Morgan fingerprint density at radius 2 is 2.25 bits per heavy atom. The lowest BCUT2D eigenvalue weighted by molar-refractivity contribution is 0.0691. The zero-order valence-corrected chi connectivity index (χ0v) is 13.2. The number of hydrogen-bond donors (Lipinski definition) is 1. The number of aromatic nitrogens is 2. The minimum absolute atomic E-state index is 0.103. The average Bonchev–Trinajstić information content (AvgIpc) is 2.61. The van der Waals surface area contributed by atoms with Gasteiger partial charge in [-0.3, -0.25) is 4.68 Å². The predicted octanol–water partition coefficient (Wildman–Crippen LogP) is 3.42. The third-order valence-electron chi connectivity index (χ3n) is 2.82. The first-order valence-corrected chi connectivity index (χ1v) is 6.91. The van der Waals surface area contributed by atoms with Crippen molar-refractivity contribution in [2.45, 2.75) is 13.5 Å². The summed E-state index contributed by atoms with van der Waals surface area (Å²) in [7, 11) is 1.74. The molecule has 20 heavy (non-hydrogen) atoms. The van der Waals surface area contributed by atoms with Crippen LogP contribution < -0.4 is 4.74 Å². The molecule has 0 aliphatic rings. The Morgan fingerprint density at radius 3 is 2.80 bits per heavy atom. The Bertz CT molecular complexity index is 670. The van der Waals surface area contributed by atoms with Gasteiger partial charge in [0.25, 0.3) is 0 Å². The molecule has 106 valence electrons. The first-order valence-electron chi connectivity index (χ1n) is 5.73. The molecule has 2 rings (SSSR count). The minimum atomic E-state index is -1.04. The van der Waals surface area contributed by atoms with Gasteiger partial charge in [-0.15, -0.1) is 0 Å². The monoisotopic (exact) mass is 358 g/mol. The summed E-state index contributed by atoms with van der Waals surface area (Å²) in [6, 6.07) is 4.75. The van der Waals surface area contributed by atoms with Crippen LogP contribution >= 0.6 is 27.5 Å². The summed E-state index contributed by atoms with van der Waals surface area (Å²) in [6.07, 6.45) is 0. The van der Waals surface area contributed by atoms with Crippen molar-refractivity contribution in [3.63, 3.8) is 0 Å². The van der Waals surface area contributed by atoms with Gasteiger partial charge in [-0.25, -0.2) is 4.79 Å². The van der Waals surface area contributed by atoms with Crippen LogP contribution in [0.4, 0.5) is 0 Å². The largest absolute Gasteiger partial charge is 0.488 e. The fourth-order valence-electron chi connectivity index (χ4n) is 1.78. The molecular formula is C13H12BrClN2O3. The van der Waals surface area contributed by atoms with Gasteiger partial charge >= 0.3 is 5.97 Å². The zero-order valence-electron chi connectivity index (χ0n) is 10.9. The van der Waals surface area contributed by atoms with Crippen molar-refractivity contribution in [3.05, 3.63) is 44.6 Å². The molecule has 1 aromatic carbocycles. The third-order valence-corrected chi connectivity index (χ3v) is 3.78. The number of benzene rings is 1. The summed E-state index contributed by atoms with van der Waals surface area (Å²) in [5, 5.41) is 13.8. The molecule has 5 nitrogen and oxygen atoms in total. The number of nitrogens with zero attached hydrogens (tertiary/aromatic N) is 2. The van der Waals surface area contributed by atoms with Gasteiger partial charge in [0.05, 0.1) is 5.69 Å². The SMILES string of the molecule is Cc1nn(C)c(Cl)c1COc1cc(Br)ccc1C(=O)O. The normalized spacial score (nSPS) is 10.6. The average molecular weight is 360 g/mol. The fraction of sp³-hybridized carbons (Fsp3) is 0.231. The van der Waals surface area contributed by atoms with Gasteiger partial charge in [0.1, 0.15) is 23.1 Å². The Balaban J connectivity index is 2.27. The Hall–Kier alpha value is -1.53. The van der Waals surface area contributed by atoms with Crippen molar-refractivity contribution in [2.75, 3.05) is 0 Å². The van der Waals surface area contributed by atoms with Gasteiger partial charge in [-0.2, -0.15) is 5.10 Å². The number of carboxylic acids is 1. The smallest absolute Gasteiger partial charge is 0.339 e. The number of hydrogen-bond acceptors (Lipinski definition) is 3. The van der Waals surface area contributed by atoms with E-state index in [-0.39, 0.29) is 17.9 Å². The molecule has 0 amide bonds. The Labute approximate surface area is 129 Å². The molecule has 1 N–H and O–H groups in total. The van der Waals surface area contributed by atoms with E-state index in [4.69, 9.17) is 21.4 Å². The van der Waals surface area contributed by atoms with Crippen LogP contribution in [0.2, 0.25) is 5.15 Å². The lowest BCUT2D eigenvalue weighted by atomic mass is 10.2. The number of aromatic carboxylic acids is 1. The molecule has 0 radical (unpaired) electrons. The molecule has 1 aromatic heterocycles. The highest BCUT2D eigenvalue weighted by atomic mass is 79.9. The van der Waals surface area contributed by atoms with Crippen molar-refractivity contribution in [2.24, 2.45) is 7.05 Å². The van der Waals surface area contributed by atoms with Crippen molar-refractivity contribution >= 4 is 33.5 Å². The van der Waals surface area contributed by atoms with Crippen LogP contribution in [0, 0.1) is 6.92 Å². The van der Waals surface area contributed by atoms with Crippen LogP contribution in [0.3, 0.4) is 0 Å². The van der Waals surface area contributed by atoms with E-state index < -0.39 is 5.97 Å². The van der Waals surface area contributed by atoms with E-state index in [1.54, 1.807) is 23.9 Å². The van der Waals surface area contributed by atoms with Crippen LogP contribution in [0.5, 0.6) is 5.75 Å². The van der Waals surface area contributed by atoms with Crippen LogP contribution in [0.15, 0.2) is 22.7 Å². The molecular weight excluding hydrogens is 348 g/mol. The van der Waals surface area contributed by atoms with Crippen molar-refractivity contribution in [1.29, 1.82) is 0 Å². The molecule has 0 fully saturated rings. The van der Waals surface area contributed by atoms with E-state index in [2.05, 4.69) is 21.0 Å². The number of rotatable bonds is 4. The van der Waals surface area contributed by atoms with Crippen LogP contribution in [0.1, 0.15) is 21.6 Å². The maximum atomic E-state index is 11.1. The summed E-state index contributed by atoms with van der Waals surface area (Å²) >= 11 is 9.40. The predicted molar refractivity (Wildman–Crippen MR) is 78.4 cm³/mol. The molecule has 0 spiro atoms. The second-order valence-corrected chi connectivity index (χ2v) is 5.49. The zero-order chi connectivity index (χ0) is 14.9. The van der Waals surface area contributed by atoms with E-state index in [1.807, 2.05) is 6.92 Å². The first kappa shape index (κ1) is 14.9. The summed E-state index contributed by atoms with van der Waals surface area (Å²) < 4.78 is 7.88. The maximum absolute atomic E-state index is 11.1. The molecule has 0 unspecified atom stereocenters. The second kappa shape index (κ2) is 5.85. The summed E-state index contributed by atoms with van der Waals surface area (Å²) in [4.78, 5) is 11.1. The quantitative estimate of drug-likeness (QED) is 0.908. The first-order chi connectivity index (χ1) is 9.40. The van der Waals surface area contributed by atoms with Gasteiger partial charge in [-0.1, -0.05) is 27.5 Å². The van der Waals surface area contributed by atoms with Gasteiger partial charge in [0.15, 0.2) is 0 Å². The molecule has 0 saturated heterocycles. The molecule has 0 bridgehead atoms. The van der Waals surface area contributed by atoms with Crippen LogP contribution in [-0.2, 0) is 13.7 Å². The number of halogens is 2. The molecule has 0 saturated carbocycles. The van der Waals surface area contributed by atoms with E-state index in [0.29, 0.717) is 5.15 Å². The van der Waals surface area contributed by atoms with Crippen LogP contribution in [0.25, 0.3) is 0 Å². The number of ether oxygens (including phenoxy) is 1. The van der Waals surface area contributed by atoms with E-state index >= 15 is 0 Å². The fourth-order valence-corrected chi connectivity index (χ4v) is 2.35. The van der Waals surface area contributed by atoms with Gasteiger partial charge in [-0.05, 0) is 25.1 Å². The number of carboxylic acid groups (broad SMARTS) is 1.